The Hall–Kier alpha value is -1.57. The molecular formula is C12H9IN2O3. The first-order valence-corrected chi connectivity index (χ1v) is 6.48. The number of nitrogens with zero attached hydrogens (tertiary/aromatic N) is 2. The summed E-state index contributed by atoms with van der Waals surface area (Å²) in [6.45, 7) is 1.11. The number of carbonyl (C=O) groups is 1. The van der Waals surface area contributed by atoms with Gasteiger partial charge in [-0.3, -0.25) is 0 Å². The Labute approximate surface area is 117 Å². The highest BCUT2D eigenvalue weighted by atomic mass is 127. The smallest absolute Gasteiger partial charge is 0.357 e. The summed E-state index contributed by atoms with van der Waals surface area (Å²) in [6, 6.07) is 7.54. The van der Waals surface area contributed by atoms with Crippen molar-refractivity contribution < 1.29 is 14.6 Å². The highest BCUT2D eigenvalue weighted by molar-refractivity contribution is 14.1. The second-order valence-electron chi connectivity index (χ2n) is 3.88. The molecule has 0 fully saturated rings. The van der Waals surface area contributed by atoms with E-state index in [0.717, 1.165) is 11.3 Å². The lowest BCUT2D eigenvalue weighted by molar-refractivity contribution is 0.0689. The Balaban J connectivity index is 2.27. The van der Waals surface area contributed by atoms with Crippen molar-refractivity contribution in [3.8, 4) is 17.1 Å². The number of carboxylic acids is 1. The number of hydrogen-bond acceptors (Lipinski definition) is 3. The molecular weight excluding hydrogens is 347 g/mol. The lowest BCUT2D eigenvalue weighted by Crippen LogP contribution is -2.08. The number of rotatable bonds is 1. The summed E-state index contributed by atoms with van der Waals surface area (Å²) in [4.78, 5) is 15.4. The molecule has 3 rings (SSSR count). The summed E-state index contributed by atoms with van der Waals surface area (Å²) in [7, 11) is 0. The van der Waals surface area contributed by atoms with Gasteiger partial charge in [-0.25, -0.2) is 9.78 Å². The molecule has 0 aliphatic carbocycles. The maximum absolute atomic E-state index is 11.1. The first kappa shape index (κ1) is 11.5. The molecule has 1 aromatic carbocycles. The summed E-state index contributed by atoms with van der Waals surface area (Å²) < 4.78 is 8.15. The maximum atomic E-state index is 11.1. The van der Waals surface area contributed by atoms with Crippen molar-refractivity contribution in [2.75, 3.05) is 6.61 Å². The van der Waals surface area contributed by atoms with Crippen LogP contribution in [0.15, 0.2) is 24.3 Å². The van der Waals surface area contributed by atoms with Crippen molar-refractivity contribution in [2.45, 2.75) is 6.54 Å². The lowest BCUT2D eigenvalue weighted by atomic mass is 10.2. The number of para-hydroxylation sites is 1. The van der Waals surface area contributed by atoms with Crippen LogP contribution in [-0.4, -0.2) is 27.2 Å². The van der Waals surface area contributed by atoms with Crippen LogP contribution in [0.3, 0.4) is 0 Å². The number of benzene rings is 1. The first-order valence-electron chi connectivity index (χ1n) is 5.40. The molecule has 1 aromatic heterocycles. The standard InChI is InChI=1S/C12H9IN2O3/c13-10-9(12(16)17)14-11-7-3-1-2-4-8(7)18-6-5-15(10)11/h1-4H,5-6H2,(H,16,17). The van der Waals surface area contributed by atoms with Crippen LogP contribution < -0.4 is 4.74 Å². The van der Waals surface area contributed by atoms with Gasteiger partial charge in [0, 0.05) is 0 Å². The fourth-order valence-corrected chi connectivity index (χ4v) is 2.82. The molecule has 2 heterocycles. The molecule has 0 saturated heterocycles. The Morgan fingerprint density at radius 1 is 1.44 bits per heavy atom. The number of ether oxygens (including phenoxy) is 1. The van der Waals surface area contributed by atoms with Crippen LogP contribution in [0.1, 0.15) is 10.5 Å². The van der Waals surface area contributed by atoms with Gasteiger partial charge in [0.2, 0.25) is 0 Å². The number of aromatic carboxylic acids is 1. The van der Waals surface area contributed by atoms with Gasteiger partial charge in [0.25, 0.3) is 0 Å². The quantitative estimate of drug-likeness (QED) is 0.797. The molecule has 0 bridgehead atoms. The first-order chi connectivity index (χ1) is 8.68. The zero-order chi connectivity index (χ0) is 12.7. The van der Waals surface area contributed by atoms with Crippen molar-refractivity contribution in [1.82, 2.24) is 9.55 Å². The largest absolute Gasteiger partial charge is 0.491 e. The second-order valence-corrected chi connectivity index (χ2v) is 4.90. The molecule has 1 N–H and O–H groups in total. The summed E-state index contributed by atoms with van der Waals surface area (Å²) in [5.41, 5.74) is 0.933. The van der Waals surface area contributed by atoms with Gasteiger partial charge in [-0.2, -0.15) is 0 Å². The molecule has 0 atom stereocenters. The number of halogens is 1. The molecule has 0 amide bonds. The summed E-state index contributed by atoms with van der Waals surface area (Å²) in [6.07, 6.45) is 0. The van der Waals surface area contributed by atoms with Crippen LogP contribution >= 0.6 is 22.6 Å². The molecule has 18 heavy (non-hydrogen) atoms. The molecule has 1 aliphatic rings. The Kier molecular flexibility index (Phi) is 2.73. The van der Waals surface area contributed by atoms with Crippen molar-refractivity contribution in [3.63, 3.8) is 0 Å². The van der Waals surface area contributed by atoms with Gasteiger partial charge in [0.05, 0.1) is 12.1 Å². The second kappa shape index (κ2) is 4.27. The minimum absolute atomic E-state index is 0.0994. The van der Waals surface area contributed by atoms with Gasteiger partial charge in [-0.1, -0.05) is 12.1 Å². The van der Waals surface area contributed by atoms with Gasteiger partial charge < -0.3 is 14.4 Å². The molecule has 1 aliphatic heterocycles. The van der Waals surface area contributed by atoms with Crippen molar-refractivity contribution >= 4 is 28.6 Å². The monoisotopic (exact) mass is 356 g/mol. The average molecular weight is 356 g/mol. The number of imidazole rings is 1. The summed E-state index contributed by atoms with van der Waals surface area (Å²) >= 11 is 2.01. The fourth-order valence-electron chi connectivity index (χ4n) is 2.00. The highest BCUT2D eigenvalue weighted by Crippen LogP contribution is 2.33. The zero-order valence-corrected chi connectivity index (χ0v) is 11.4. The van der Waals surface area contributed by atoms with Gasteiger partial charge in [-0.15, -0.1) is 0 Å². The Bertz CT molecular complexity index is 636. The third-order valence-electron chi connectivity index (χ3n) is 2.81. The number of hydrogen-bond donors (Lipinski definition) is 1. The van der Waals surface area contributed by atoms with Crippen molar-refractivity contribution in [3.05, 3.63) is 33.7 Å². The maximum Gasteiger partial charge on any atom is 0.357 e. The third kappa shape index (κ3) is 1.67. The molecule has 5 nitrogen and oxygen atoms in total. The minimum Gasteiger partial charge on any atom is -0.491 e. The third-order valence-corrected chi connectivity index (χ3v) is 3.90. The van der Waals surface area contributed by atoms with E-state index >= 15 is 0 Å². The van der Waals surface area contributed by atoms with Gasteiger partial charge in [0.1, 0.15) is 21.9 Å². The van der Waals surface area contributed by atoms with Gasteiger partial charge in [0.15, 0.2) is 5.69 Å². The Morgan fingerprint density at radius 2 is 2.22 bits per heavy atom. The summed E-state index contributed by atoms with van der Waals surface area (Å²) in [5.74, 6) is 0.401. The number of aromatic nitrogens is 2. The van der Waals surface area contributed by atoms with E-state index in [-0.39, 0.29) is 5.69 Å². The highest BCUT2D eigenvalue weighted by Gasteiger charge is 2.24. The van der Waals surface area contributed by atoms with E-state index in [1.165, 1.54) is 0 Å². The van der Waals surface area contributed by atoms with Crippen molar-refractivity contribution in [1.29, 1.82) is 0 Å². The lowest BCUT2D eigenvalue weighted by Gasteiger charge is -2.04. The molecule has 92 valence electrons. The van der Waals surface area contributed by atoms with Crippen LogP contribution in [0.2, 0.25) is 0 Å². The Morgan fingerprint density at radius 3 is 3.00 bits per heavy atom. The molecule has 6 heteroatoms. The fraction of sp³-hybridized carbons (Fsp3) is 0.167. The van der Waals surface area contributed by atoms with E-state index < -0.39 is 5.97 Å². The zero-order valence-electron chi connectivity index (χ0n) is 9.26. The van der Waals surface area contributed by atoms with Crippen LogP contribution in [0.4, 0.5) is 0 Å². The van der Waals surface area contributed by atoms with E-state index in [4.69, 9.17) is 9.84 Å². The molecule has 2 aromatic rings. The van der Waals surface area contributed by atoms with Crippen LogP contribution in [-0.2, 0) is 6.54 Å². The topological polar surface area (TPSA) is 64.3 Å². The van der Waals surface area contributed by atoms with Crippen LogP contribution in [0.5, 0.6) is 5.75 Å². The summed E-state index contributed by atoms with van der Waals surface area (Å²) in [5, 5.41) is 9.12. The van der Waals surface area contributed by atoms with E-state index in [1.807, 2.05) is 51.4 Å². The molecule has 0 saturated carbocycles. The van der Waals surface area contributed by atoms with E-state index in [0.29, 0.717) is 22.7 Å². The van der Waals surface area contributed by atoms with E-state index in [2.05, 4.69) is 4.98 Å². The number of fused-ring (bicyclic) bond motifs is 3. The molecule has 0 unspecified atom stereocenters. The number of carboxylic acid groups (broad SMARTS) is 1. The molecule has 0 radical (unpaired) electrons. The van der Waals surface area contributed by atoms with Gasteiger partial charge in [-0.05, 0) is 34.7 Å². The van der Waals surface area contributed by atoms with Crippen molar-refractivity contribution in [2.24, 2.45) is 0 Å². The molecule has 0 spiro atoms. The predicted molar refractivity (Wildman–Crippen MR) is 72.8 cm³/mol. The van der Waals surface area contributed by atoms with Crippen LogP contribution in [0.25, 0.3) is 11.4 Å². The van der Waals surface area contributed by atoms with E-state index in [9.17, 15) is 4.79 Å². The normalized spacial score (nSPS) is 13.2. The average Bonchev–Trinajstić information content (AvgIpc) is 2.57. The SMILES string of the molecule is O=C(O)c1nc2n(c1I)CCOc1ccccc1-2. The minimum atomic E-state index is -1.00. The van der Waals surface area contributed by atoms with Crippen LogP contribution in [0, 0.1) is 3.70 Å². The predicted octanol–water partition coefficient (Wildman–Crippen LogP) is 2.25. The van der Waals surface area contributed by atoms with Gasteiger partial charge >= 0.3 is 5.97 Å². The van der Waals surface area contributed by atoms with E-state index in [1.54, 1.807) is 0 Å².